The molecule has 1 aliphatic rings. The van der Waals surface area contributed by atoms with Crippen molar-refractivity contribution in [3.05, 3.63) is 59.7 Å². The van der Waals surface area contributed by atoms with Gasteiger partial charge in [0.15, 0.2) is 0 Å². The average Bonchev–Trinajstić information content (AvgIpc) is 3.09. The van der Waals surface area contributed by atoms with Gasteiger partial charge in [0.25, 0.3) is 0 Å². The molecule has 0 aliphatic heterocycles. The van der Waals surface area contributed by atoms with Gasteiger partial charge in [-0.05, 0) is 28.7 Å². The van der Waals surface area contributed by atoms with Crippen molar-refractivity contribution < 1.29 is 37.4 Å². The number of benzene rings is 2. The quantitative estimate of drug-likeness (QED) is 0.568. The molecule has 0 saturated carbocycles. The molecule has 3 rings (SSSR count). The Labute approximate surface area is 194 Å². The van der Waals surface area contributed by atoms with Gasteiger partial charge in [0.2, 0.25) is 5.91 Å². The fraction of sp³-hybridized carbons (Fsp3) is 0.375. The molecule has 0 heterocycles. The maximum absolute atomic E-state index is 12.7. The fourth-order valence-electron chi connectivity index (χ4n) is 4.07. The first-order valence-electron chi connectivity index (χ1n) is 10.7. The van der Waals surface area contributed by atoms with E-state index >= 15 is 0 Å². The minimum atomic E-state index is -4.72. The SMILES string of the molecule is CC(CCNC(=O)OCC1c2ccccc2-c2ccccc21)C(=O)N(CC(=O)O)CC(F)(F)F. The van der Waals surface area contributed by atoms with Crippen LogP contribution in [0.2, 0.25) is 0 Å². The van der Waals surface area contributed by atoms with Crippen molar-refractivity contribution in [1.29, 1.82) is 0 Å². The van der Waals surface area contributed by atoms with Crippen LogP contribution in [0.25, 0.3) is 11.1 Å². The van der Waals surface area contributed by atoms with Crippen molar-refractivity contribution in [3.8, 4) is 11.1 Å². The normalized spacial score (nSPS) is 13.5. The highest BCUT2D eigenvalue weighted by Crippen LogP contribution is 2.44. The van der Waals surface area contributed by atoms with Crippen molar-refractivity contribution in [2.45, 2.75) is 25.4 Å². The highest BCUT2D eigenvalue weighted by molar-refractivity contribution is 5.83. The van der Waals surface area contributed by atoms with E-state index in [9.17, 15) is 27.6 Å². The largest absolute Gasteiger partial charge is 0.480 e. The molecule has 2 aromatic rings. The molecule has 10 heteroatoms. The number of hydrogen-bond donors (Lipinski definition) is 2. The molecule has 0 spiro atoms. The van der Waals surface area contributed by atoms with Gasteiger partial charge in [-0.3, -0.25) is 9.59 Å². The first-order valence-corrected chi connectivity index (χ1v) is 10.7. The van der Waals surface area contributed by atoms with E-state index < -0.39 is 43.2 Å². The van der Waals surface area contributed by atoms with Crippen molar-refractivity contribution in [1.82, 2.24) is 10.2 Å². The standard InChI is InChI=1S/C24H25F3N2O5/c1-15(22(32)29(12-21(30)31)14-24(25,26)27)10-11-28-23(33)34-13-20-18-8-4-2-6-16(18)17-7-3-5-9-19(17)20/h2-9,15,20H,10-14H2,1H3,(H,28,33)(H,30,31). The van der Waals surface area contributed by atoms with Gasteiger partial charge in [-0.15, -0.1) is 0 Å². The Morgan fingerprint density at radius 2 is 1.62 bits per heavy atom. The first-order chi connectivity index (χ1) is 16.1. The van der Waals surface area contributed by atoms with Gasteiger partial charge in [-0.2, -0.15) is 13.2 Å². The summed E-state index contributed by atoms with van der Waals surface area (Å²) in [6.45, 7) is -1.24. The van der Waals surface area contributed by atoms with E-state index in [-0.39, 0.29) is 30.4 Å². The molecule has 0 aromatic heterocycles. The Hall–Kier alpha value is -3.56. The van der Waals surface area contributed by atoms with Crippen LogP contribution in [0.4, 0.5) is 18.0 Å². The van der Waals surface area contributed by atoms with Crippen LogP contribution in [0.1, 0.15) is 30.4 Å². The van der Waals surface area contributed by atoms with Crippen molar-refractivity contribution >= 4 is 18.0 Å². The van der Waals surface area contributed by atoms with Crippen molar-refractivity contribution in [3.63, 3.8) is 0 Å². The third-order valence-corrected chi connectivity index (χ3v) is 5.62. The van der Waals surface area contributed by atoms with E-state index in [0.717, 1.165) is 22.3 Å². The molecule has 182 valence electrons. The predicted octanol–water partition coefficient (Wildman–Crippen LogP) is 4.03. The number of alkyl halides is 3. The number of carboxylic acid groups (broad SMARTS) is 1. The zero-order valence-electron chi connectivity index (χ0n) is 18.5. The summed E-state index contributed by atoms with van der Waals surface area (Å²) in [5.74, 6) is -3.53. The number of alkyl carbamates (subject to hydrolysis) is 1. The Morgan fingerprint density at radius 3 is 2.15 bits per heavy atom. The average molecular weight is 478 g/mol. The number of carboxylic acids is 1. The van der Waals surface area contributed by atoms with Gasteiger partial charge in [0.1, 0.15) is 19.7 Å². The van der Waals surface area contributed by atoms with Crippen molar-refractivity contribution in [2.75, 3.05) is 26.2 Å². The predicted molar refractivity (Wildman–Crippen MR) is 117 cm³/mol. The number of carbonyl (C=O) groups is 3. The number of carbonyl (C=O) groups excluding carboxylic acids is 2. The van der Waals surface area contributed by atoms with Gasteiger partial charge in [-0.1, -0.05) is 55.5 Å². The van der Waals surface area contributed by atoms with E-state index in [1.165, 1.54) is 6.92 Å². The molecule has 1 unspecified atom stereocenters. The number of rotatable bonds is 9. The van der Waals surface area contributed by atoms with E-state index in [1.54, 1.807) is 0 Å². The van der Waals surface area contributed by atoms with Gasteiger partial charge in [0.05, 0.1) is 0 Å². The fourth-order valence-corrected chi connectivity index (χ4v) is 4.07. The Balaban J connectivity index is 1.50. The smallest absolute Gasteiger partial charge is 0.407 e. The summed E-state index contributed by atoms with van der Waals surface area (Å²) >= 11 is 0. The van der Waals surface area contributed by atoms with Crippen LogP contribution in [0, 0.1) is 5.92 Å². The molecule has 7 nitrogen and oxygen atoms in total. The molecule has 2 aromatic carbocycles. The third kappa shape index (κ3) is 6.27. The van der Waals surface area contributed by atoms with Crippen molar-refractivity contribution in [2.24, 2.45) is 5.92 Å². The second kappa shape index (κ2) is 10.6. The van der Waals surface area contributed by atoms with Crippen LogP contribution in [-0.4, -0.2) is 60.4 Å². The lowest BCUT2D eigenvalue weighted by atomic mass is 9.98. The maximum atomic E-state index is 12.7. The molecule has 2 N–H and O–H groups in total. The molecule has 2 amide bonds. The number of amides is 2. The molecule has 0 bridgehead atoms. The van der Waals surface area contributed by atoms with Gasteiger partial charge in [0, 0.05) is 18.4 Å². The topological polar surface area (TPSA) is 95.9 Å². The minimum Gasteiger partial charge on any atom is -0.480 e. The van der Waals surface area contributed by atoms with Gasteiger partial charge < -0.3 is 20.1 Å². The minimum absolute atomic E-state index is 0.0174. The monoisotopic (exact) mass is 478 g/mol. The second-order valence-corrected chi connectivity index (χ2v) is 8.15. The molecule has 1 atom stereocenters. The lowest BCUT2D eigenvalue weighted by molar-refractivity contribution is -0.167. The Bertz CT molecular complexity index is 1010. The summed E-state index contributed by atoms with van der Waals surface area (Å²) in [7, 11) is 0. The molecule has 0 fully saturated rings. The van der Waals surface area contributed by atoms with Crippen LogP contribution in [0.5, 0.6) is 0 Å². The first kappa shape index (κ1) is 25.1. The summed E-state index contributed by atoms with van der Waals surface area (Å²) in [6.07, 6.45) is -5.40. The summed E-state index contributed by atoms with van der Waals surface area (Å²) < 4.78 is 43.4. The van der Waals surface area contributed by atoms with Crippen LogP contribution < -0.4 is 5.32 Å². The molecular weight excluding hydrogens is 453 g/mol. The van der Waals surface area contributed by atoms with Crippen LogP contribution >= 0.6 is 0 Å². The zero-order chi connectivity index (χ0) is 24.9. The molecule has 1 aliphatic carbocycles. The van der Waals surface area contributed by atoms with E-state index in [1.807, 2.05) is 48.5 Å². The van der Waals surface area contributed by atoms with Gasteiger partial charge >= 0.3 is 18.2 Å². The van der Waals surface area contributed by atoms with Crippen LogP contribution in [-0.2, 0) is 14.3 Å². The van der Waals surface area contributed by atoms with E-state index in [2.05, 4.69) is 5.32 Å². The lowest BCUT2D eigenvalue weighted by Crippen LogP contribution is -2.44. The molecule has 0 radical (unpaired) electrons. The number of hydrogen-bond acceptors (Lipinski definition) is 4. The number of halogens is 3. The molecular formula is C24H25F3N2O5. The highest BCUT2D eigenvalue weighted by atomic mass is 19.4. The summed E-state index contributed by atoms with van der Waals surface area (Å²) in [6, 6.07) is 15.7. The lowest BCUT2D eigenvalue weighted by Gasteiger charge is -2.25. The van der Waals surface area contributed by atoms with E-state index in [0.29, 0.717) is 0 Å². The summed E-state index contributed by atoms with van der Waals surface area (Å²) in [4.78, 5) is 35.5. The maximum Gasteiger partial charge on any atom is 0.407 e. The summed E-state index contributed by atoms with van der Waals surface area (Å²) in [5.41, 5.74) is 4.28. The number of ether oxygens (including phenoxy) is 1. The van der Waals surface area contributed by atoms with Gasteiger partial charge in [-0.25, -0.2) is 4.79 Å². The number of nitrogens with one attached hydrogen (secondary N) is 1. The number of nitrogens with zero attached hydrogens (tertiary/aromatic N) is 1. The molecule has 34 heavy (non-hydrogen) atoms. The van der Waals surface area contributed by atoms with Crippen LogP contribution in [0.3, 0.4) is 0 Å². The van der Waals surface area contributed by atoms with E-state index in [4.69, 9.17) is 9.84 Å². The second-order valence-electron chi connectivity index (χ2n) is 8.15. The zero-order valence-corrected chi connectivity index (χ0v) is 18.5. The van der Waals surface area contributed by atoms with Crippen LogP contribution in [0.15, 0.2) is 48.5 Å². The number of fused-ring (bicyclic) bond motifs is 3. The number of aliphatic carboxylic acids is 1. The highest BCUT2D eigenvalue weighted by Gasteiger charge is 2.35. The molecule has 0 saturated heterocycles. The summed E-state index contributed by atoms with van der Waals surface area (Å²) in [5, 5.41) is 11.3. The Morgan fingerprint density at radius 1 is 1.06 bits per heavy atom. The Kier molecular flexibility index (Phi) is 7.80. The third-order valence-electron chi connectivity index (χ3n) is 5.62.